The number of hydrogen-bond acceptors (Lipinski definition) is 2. The van der Waals surface area contributed by atoms with Crippen molar-refractivity contribution in [2.24, 2.45) is 52.3 Å². The van der Waals surface area contributed by atoms with Crippen molar-refractivity contribution in [3.05, 3.63) is 0 Å². The van der Waals surface area contributed by atoms with Gasteiger partial charge in [0, 0.05) is 12.8 Å². The number of rotatable bonds is 2. The summed E-state index contributed by atoms with van der Waals surface area (Å²) in [4.78, 5) is 11.8. The molecule has 2 heteroatoms. The van der Waals surface area contributed by atoms with Crippen molar-refractivity contribution in [3.63, 3.8) is 0 Å². The van der Waals surface area contributed by atoms with E-state index in [0.717, 1.165) is 36.0 Å². The van der Waals surface area contributed by atoms with E-state index in [-0.39, 0.29) is 12.1 Å². The van der Waals surface area contributed by atoms with Gasteiger partial charge in [0.2, 0.25) is 0 Å². The second kappa shape index (κ2) is 6.77. The number of ether oxygens (including phenoxy) is 1. The van der Waals surface area contributed by atoms with Crippen molar-refractivity contribution < 1.29 is 9.53 Å². The summed E-state index contributed by atoms with van der Waals surface area (Å²) >= 11 is 0. The summed E-state index contributed by atoms with van der Waals surface area (Å²) in [5.41, 5.74) is 0.925. The third kappa shape index (κ3) is 2.91. The van der Waals surface area contributed by atoms with Crippen molar-refractivity contribution in [2.45, 2.75) is 99.0 Å². The molecule has 2 nitrogen and oxygen atoms in total. The lowest BCUT2D eigenvalue weighted by atomic mass is 9.42. The zero-order chi connectivity index (χ0) is 19.6. The number of fused-ring (bicyclic) bond motifs is 5. The molecule has 4 aliphatic rings. The summed E-state index contributed by atoms with van der Waals surface area (Å²) in [6, 6.07) is 0. The van der Waals surface area contributed by atoms with E-state index >= 15 is 0 Å². The third-order valence-electron chi connectivity index (χ3n) is 10.1. The highest BCUT2D eigenvalue weighted by Gasteiger charge is 2.63. The molecule has 0 bridgehead atoms. The molecule has 154 valence electrons. The van der Waals surface area contributed by atoms with E-state index in [0.29, 0.717) is 22.7 Å². The number of carbonyl (C=O) groups excluding carboxylic acids is 1. The molecular weight excluding hydrogens is 332 g/mol. The molecule has 4 fully saturated rings. The lowest BCUT2D eigenvalue weighted by Gasteiger charge is -2.62. The molecule has 0 amide bonds. The van der Waals surface area contributed by atoms with Gasteiger partial charge in [0.1, 0.15) is 6.10 Å². The van der Waals surface area contributed by atoms with E-state index < -0.39 is 0 Å². The van der Waals surface area contributed by atoms with E-state index in [4.69, 9.17) is 4.74 Å². The second-order valence-corrected chi connectivity index (χ2v) is 11.6. The van der Waals surface area contributed by atoms with Gasteiger partial charge in [-0.2, -0.15) is 0 Å². The Morgan fingerprint density at radius 2 is 1.52 bits per heavy atom. The van der Waals surface area contributed by atoms with Gasteiger partial charge in [0.05, 0.1) is 0 Å². The quantitative estimate of drug-likeness (QED) is 0.517. The largest absolute Gasteiger partial charge is 0.462 e. The van der Waals surface area contributed by atoms with E-state index in [9.17, 15) is 4.79 Å². The average Bonchev–Trinajstić information content (AvgIpc) is 2.86. The van der Waals surface area contributed by atoms with Gasteiger partial charge in [0.15, 0.2) is 0 Å². The van der Waals surface area contributed by atoms with Gasteiger partial charge in [-0.25, -0.2) is 0 Å². The Morgan fingerprint density at radius 1 is 0.926 bits per heavy atom. The molecule has 4 rings (SSSR count). The fourth-order valence-corrected chi connectivity index (χ4v) is 9.21. The normalized spacial score (nSPS) is 52.0. The van der Waals surface area contributed by atoms with Crippen LogP contribution >= 0.6 is 0 Å². The summed E-state index contributed by atoms with van der Waals surface area (Å²) in [5, 5.41) is 0. The molecule has 0 heterocycles. The lowest BCUT2D eigenvalue weighted by Crippen LogP contribution is -2.55. The maximum Gasteiger partial charge on any atom is 0.302 e. The van der Waals surface area contributed by atoms with Gasteiger partial charge in [-0.15, -0.1) is 0 Å². The number of hydrogen-bond donors (Lipinski definition) is 0. The van der Waals surface area contributed by atoms with Gasteiger partial charge in [-0.3, -0.25) is 4.79 Å². The standard InChI is InChI=1S/C25H42O2/c1-15(2)23-21-12-11-19-20(25(21,6)14-22(23)27-17(4)26)10-9-18-16(3)8-7-13-24(18,19)5/h15-16,18-23H,7-14H2,1-6H3/t16-,18?,19?,20?,21?,22?,23?,24?,25?/m1/s1. The van der Waals surface area contributed by atoms with E-state index in [1.54, 1.807) is 6.92 Å². The van der Waals surface area contributed by atoms with Crippen LogP contribution in [0, 0.1) is 52.3 Å². The smallest absolute Gasteiger partial charge is 0.302 e. The highest BCUT2D eigenvalue weighted by Crippen LogP contribution is 2.69. The van der Waals surface area contributed by atoms with Gasteiger partial charge in [-0.1, -0.05) is 47.5 Å². The zero-order valence-electron chi connectivity index (χ0n) is 18.6. The van der Waals surface area contributed by atoms with Gasteiger partial charge in [0.25, 0.3) is 0 Å². The SMILES string of the molecule is CC(=O)OC1CC2(C)C(CCC3C2CCC2[C@H](C)CCCC32C)C1C(C)C. The summed E-state index contributed by atoms with van der Waals surface area (Å²) in [6.45, 7) is 14.1. The molecule has 0 saturated heterocycles. The van der Waals surface area contributed by atoms with Crippen LogP contribution in [0.5, 0.6) is 0 Å². The number of esters is 1. The molecule has 0 N–H and O–H groups in total. The van der Waals surface area contributed by atoms with Crippen LogP contribution < -0.4 is 0 Å². The molecule has 4 aliphatic carbocycles. The summed E-state index contributed by atoms with van der Waals surface area (Å²) in [5.74, 6) is 5.39. The van der Waals surface area contributed by atoms with Crippen molar-refractivity contribution in [1.82, 2.24) is 0 Å². The first-order valence-corrected chi connectivity index (χ1v) is 11.9. The van der Waals surface area contributed by atoms with Crippen LogP contribution in [0.15, 0.2) is 0 Å². The Labute approximate surface area is 167 Å². The van der Waals surface area contributed by atoms with Gasteiger partial charge in [-0.05, 0) is 84.9 Å². The molecular formula is C25H42O2. The lowest BCUT2D eigenvalue weighted by molar-refractivity contribution is -0.149. The minimum absolute atomic E-state index is 0.0822. The first-order chi connectivity index (χ1) is 12.7. The molecule has 27 heavy (non-hydrogen) atoms. The second-order valence-electron chi connectivity index (χ2n) is 11.6. The van der Waals surface area contributed by atoms with Crippen LogP contribution in [0.2, 0.25) is 0 Å². The van der Waals surface area contributed by atoms with Crippen LogP contribution in [-0.4, -0.2) is 12.1 Å². The Morgan fingerprint density at radius 3 is 2.15 bits per heavy atom. The van der Waals surface area contributed by atoms with Crippen LogP contribution in [0.25, 0.3) is 0 Å². The molecule has 0 aliphatic heterocycles. The molecule has 9 atom stereocenters. The molecule has 0 aromatic rings. The third-order valence-corrected chi connectivity index (χ3v) is 10.1. The maximum atomic E-state index is 11.8. The molecule has 0 radical (unpaired) electrons. The molecule has 0 aromatic carbocycles. The Kier molecular flexibility index (Phi) is 4.96. The van der Waals surface area contributed by atoms with Crippen LogP contribution in [0.1, 0.15) is 92.9 Å². The molecule has 0 spiro atoms. The minimum Gasteiger partial charge on any atom is -0.462 e. The van der Waals surface area contributed by atoms with Crippen molar-refractivity contribution in [2.75, 3.05) is 0 Å². The van der Waals surface area contributed by atoms with Gasteiger partial charge >= 0.3 is 5.97 Å². The van der Waals surface area contributed by atoms with E-state index in [1.165, 1.54) is 44.9 Å². The van der Waals surface area contributed by atoms with Gasteiger partial charge < -0.3 is 4.74 Å². The fourth-order valence-electron chi connectivity index (χ4n) is 9.21. The predicted octanol–water partition coefficient (Wildman–Crippen LogP) is 6.48. The minimum atomic E-state index is -0.0822. The van der Waals surface area contributed by atoms with Crippen molar-refractivity contribution in [3.8, 4) is 0 Å². The predicted molar refractivity (Wildman–Crippen MR) is 110 cm³/mol. The first-order valence-electron chi connectivity index (χ1n) is 11.9. The fraction of sp³-hybridized carbons (Fsp3) is 0.960. The Balaban J connectivity index is 1.65. The van der Waals surface area contributed by atoms with Crippen LogP contribution in [-0.2, 0) is 9.53 Å². The molecule has 8 unspecified atom stereocenters. The first kappa shape index (κ1) is 19.8. The topological polar surface area (TPSA) is 26.3 Å². The Bertz CT molecular complexity index is 583. The van der Waals surface area contributed by atoms with Crippen molar-refractivity contribution >= 4 is 5.97 Å². The molecule has 0 aromatic heterocycles. The number of carbonyl (C=O) groups is 1. The van der Waals surface area contributed by atoms with Crippen LogP contribution in [0.4, 0.5) is 0 Å². The zero-order valence-corrected chi connectivity index (χ0v) is 18.6. The average molecular weight is 375 g/mol. The Hall–Kier alpha value is -0.530. The summed E-state index contributed by atoms with van der Waals surface area (Å²) < 4.78 is 5.93. The summed E-state index contributed by atoms with van der Waals surface area (Å²) in [6.07, 6.45) is 11.2. The van der Waals surface area contributed by atoms with Crippen molar-refractivity contribution in [1.29, 1.82) is 0 Å². The van der Waals surface area contributed by atoms with Crippen LogP contribution in [0.3, 0.4) is 0 Å². The highest BCUT2D eigenvalue weighted by molar-refractivity contribution is 5.66. The molecule has 4 saturated carbocycles. The van der Waals surface area contributed by atoms with E-state index in [2.05, 4.69) is 34.6 Å². The maximum absolute atomic E-state index is 11.8. The highest BCUT2D eigenvalue weighted by atomic mass is 16.5. The monoisotopic (exact) mass is 374 g/mol. The van der Waals surface area contributed by atoms with E-state index in [1.807, 2.05) is 0 Å². The summed E-state index contributed by atoms with van der Waals surface area (Å²) in [7, 11) is 0.